The van der Waals surface area contributed by atoms with Crippen LogP contribution in [0.3, 0.4) is 0 Å². The Balaban J connectivity index is 2.62. The molecule has 1 aromatic heterocycles. The van der Waals surface area contributed by atoms with Crippen molar-refractivity contribution in [2.24, 2.45) is 5.41 Å². The summed E-state index contributed by atoms with van der Waals surface area (Å²) in [4.78, 5) is 1.46. The van der Waals surface area contributed by atoms with Crippen molar-refractivity contribution in [1.82, 2.24) is 5.32 Å². The summed E-state index contributed by atoms with van der Waals surface area (Å²) in [7, 11) is 1.82. The zero-order valence-electron chi connectivity index (χ0n) is 12.3. The molecular weight excluding hydrogens is 242 g/mol. The second-order valence-electron chi connectivity index (χ2n) is 5.80. The number of thiophene rings is 1. The van der Waals surface area contributed by atoms with E-state index in [1.165, 1.54) is 4.88 Å². The Bertz CT molecular complexity index is 316. The summed E-state index contributed by atoms with van der Waals surface area (Å²) < 4.78 is 5.74. The molecule has 18 heavy (non-hydrogen) atoms. The highest BCUT2D eigenvalue weighted by Crippen LogP contribution is 2.27. The van der Waals surface area contributed by atoms with Crippen molar-refractivity contribution >= 4 is 11.3 Å². The summed E-state index contributed by atoms with van der Waals surface area (Å²) in [5, 5.41) is 5.73. The number of rotatable bonds is 7. The smallest absolute Gasteiger partial charge is 0.0772 e. The molecule has 0 aliphatic heterocycles. The van der Waals surface area contributed by atoms with Crippen LogP contribution in [0.25, 0.3) is 0 Å². The maximum atomic E-state index is 5.74. The van der Waals surface area contributed by atoms with Crippen LogP contribution in [0.1, 0.15) is 39.0 Å². The third-order valence-electron chi connectivity index (χ3n) is 3.22. The number of methoxy groups -OCH3 is 1. The van der Waals surface area contributed by atoms with Crippen molar-refractivity contribution < 1.29 is 4.74 Å². The largest absolute Gasteiger partial charge is 0.379 e. The van der Waals surface area contributed by atoms with Crippen LogP contribution in [-0.2, 0) is 11.2 Å². The quantitative estimate of drug-likeness (QED) is 0.814. The number of likely N-dealkylation sites (N-methyl/N-ethyl adjacent to an activating group) is 1. The molecule has 3 heteroatoms. The molecule has 1 aromatic rings. The zero-order chi connectivity index (χ0) is 13.6. The van der Waals surface area contributed by atoms with Gasteiger partial charge in [0.05, 0.1) is 6.10 Å². The molecule has 2 atom stereocenters. The topological polar surface area (TPSA) is 21.3 Å². The zero-order valence-corrected chi connectivity index (χ0v) is 13.1. The van der Waals surface area contributed by atoms with Crippen LogP contribution in [0.5, 0.6) is 0 Å². The summed E-state index contributed by atoms with van der Waals surface area (Å²) in [6.07, 6.45) is 2.51. The van der Waals surface area contributed by atoms with Crippen molar-refractivity contribution in [1.29, 1.82) is 0 Å². The first kappa shape index (κ1) is 15.7. The van der Waals surface area contributed by atoms with Crippen LogP contribution in [0.2, 0.25) is 0 Å². The van der Waals surface area contributed by atoms with Gasteiger partial charge in [0.2, 0.25) is 0 Å². The Labute approximate surface area is 116 Å². The molecule has 0 amide bonds. The maximum absolute atomic E-state index is 5.74. The Morgan fingerprint density at radius 2 is 2.11 bits per heavy atom. The monoisotopic (exact) mass is 269 g/mol. The molecule has 0 bridgehead atoms. The molecule has 0 aliphatic carbocycles. The molecule has 1 heterocycles. The van der Waals surface area contributed by atoms with Gasteiger partial charge in [-0.1, -0.05) is 33.8 Å². The fourth-order valence-electron chi connectivity index (χ4n) is 2.50. The summed E-state index contributed by atoms with van der Waals surface area (Å²) >= 11 is 1.84. The van der Waals surface area contributed by atoms with Gasteiger partial charge >= 0.3 is 0 Å². The second-order valence-corrected chi connectivity index (χ2v) is 6.84. The van der Waals surface area contributed by atoms with Crippen LogP contribution in [0, 0.1) is 5.41 Å². The standard InChI is InChI=1S/C15H27NOS/c1-6-16-13(14(17-5)15(2,3)4)10-9-12-8-7-11-18-12/h7-8,11,13-14,16H,6,9-10H2,1-5H3. The van der Waals surface area contributed by atoms with Gasteiger partial charge < -0.3 is 10.1 Å². The lowest BCUT2D eigenvalue weighted by atomic mass is 9.83. The van der Waals surface area contributed by atoms with Gasteiger partial charge in [-0.15, -0.1) is 11.3 Å². The summed E-state index contributed by atoms with van der Waals surface area (Å²) in [5.41, 5.74) is 0.164. The van der Waals surface area contributed by atoms with E-state index in [0.29, 0.717) is 6.04 Å². The van der Waals surface area contributed by atoms with Gasteiger partial charge in [-0.3, -0.25) is 0 Å². The van der Waals surface area contributed by atoms with Crippen molar-refractivity contribution in [3.63, 3.8) is 0 Å². The van der Waals surface area contributed by atoms with E-state index in [-0.39, 0.29) is 11.5 Å². The van der Waals surface area contributed by atoms with Crippen LogP contribution in [0.4, 0.5) is 0 Å². The van der Waals surface area contributed by atoms with E-state index in [2.05, 4.69) is 50.5 Å². The number of ether oxygens (including phenoxy) is 1. The average molecular weight is 269 g/mol. The van der Waals surface area contributed by atoms with Gasteiger partial charge in [-0.25, -0.2) is 0 Å². The first-order valence-electron chi connectivity index (χ1n) is 6.77. The fraction of sp³-hybridized carbons (Fsp3) is 0.733. The van der Waals surface area contributed by atoms with Crippen LogP contribution < -0.4 is 5.32 Å². The second kappa shape index (κ2) is 7.27. The van der Waals surface area contributed by atoms with Gasteiger partial charge in [0.15, 0.2) is 0 Å². The van der Waals surface area contributed by atoms with Crippen molar-refractivity contribution in [3.8, 4) is 0 Å². The highest BCUT2D eigenvalue weighted by molar-refractivity contribution is 7.09. The molecule has 2 unspecified atom stereocenters. The SMILES string of the molecule is CCNC(CCc1cccs1)C(OC)C(C)(C)C. The molecule has 1 rings (SSSR count). The minimum atomic E-state index is 0.164. The molecule has 0 saturated heterocycles. The molecule has 0 fully saturated rings. The molecule has 2 nitrogen and oxygen atoms in total. The van der Waals surface area contributed by atoms with Crippen LogP contribution in [-0.4, -0.2) is 25.8 Å². The van der Waals surface area contributed by atoms with E-state index in [1.807, 2.05) is 18.4 Å². The predicted octanol–water partition coefficient (Wildman–Crippen LogP) is 3.72. The number of nitrogens with one attached hydrogen (secondary N) is 1. The first-order valence-corrected chi connectivity index (χ1v) is 7.65. The normalized spacial score (nSPS) is 15.6. The summed E-state index contributed by atoms with van der Waals surface area (Å²) in [5.74, 6) is 0. The van der Waals surface area contributed by atoms with Gasteiger partial charge in [0.25, 0.3) is 0 Å². The molecule has 1 N–H and O–H groups in total. The molecule has 0 aromatic carbocycles. The Morgan fingerprint density at radius 1 is 1.39 bits per heavy atom. The van der Waals surface area contributed by atoms with Crippen molar-refractivity contribution in [2.75, 3.05) is 13.7 Å². The molecule has 0 radical (unpaired) electrons. The van der Waals surface area contributed by atoms with Gasteiger partial charge in [0, 0.05) is 18.0 Å². The summed E-state index contributed by atoms with van der Waals surface area (Å²) in [6.45, 7) is 9.89. The highest BCUT2D eigenvalue weighted by Gasteiger charge is 2.31. The fourth-order valence-corrected chi connectivity index (χ4v) is 3.22. The lowest BCUT2D eigenvalue weighted by molar-refractivity contribution is -0.0126. The average Bonchev–Trinajstić information content (AvgIpc) is 2.77. The van der Waals surface area contributed by atoms with Gasteiger partial charge in [-0.05, 0) is 36.2 Å². The van der Waals surface area contributed by atoms with Crippen molar-refractivity contribution in [2.45, 2.75) is 52.7 Å². The maximum Gasteiger partial charge on any atom is 0.0772 e. The molecule has 0 aliphatic rings. The minimum absolute atomic E-state index is 0.164. The Hall–Kier alpha value is -0.380. The molecular formula is C15H27NOS. The number of hydrogen-bond donors (Lipinski definition) is 1. The van der Waals surface area contributed by atoms with Gasteiger partial charge in [0.1, 0.15) is 0 Å². The van der Waals surface area contributed by atoms with E-state index >= 15 is 0 Å². The third kappa shape index (κ3) is 4.71. The summed E-state index contributed by atoms with van der Waals surface area (Å²) in [6, 6.07) is 4.76. The minimum Gasteiger partial charge on any atom is -0.379 e. The van der Waals surface area contributed by atoms with Crippen LogP contribution in [0.15, 0.2) is 17.5 Å². The lowest BCUT2D eigenvalue weighted by Crippen LogP contribution is -2.47. The molecule has 104 valence electrons. The van der Waals surface area contributed by atoms with E-state index in [0.717, 1.165) is 19.4 Å². The third-order valence-corrected chi connectivity index (χ3v) is 4.16. The number of aryl methyl sites for hydroxylation is 1. The predicted molar refractivity (Wildman–Crippen MR) is 80.4 cm³/mol. The Morgan fingerprint density at radius 3 is 2.56 bits per heavy atom. The molecule has 0 spiro atoms. The first-order chi connectivity index (χ1) is 8.49. The van der Waals surface area contributed by atoms with Gasteiger partial charge in [-0.2, -0.15) is 0 Å². The van der Waals surface area contributed by atoms with Crippen LogP contribution >= 0.6 is 11.3 Å². The van der Waals surface area contributed by atoms with E-state index in [4.69, 9.17) is 4.74 Å². The Kier molecular flexibility index (Phi) is 6.33. The lowest BCUT2D eigenvalue weighted by Gasteiger charge is -2.36. The van der Waals surface area contributed by atoms with E-state index < -0.39 is 0 Å². The van der Waals surface area contributed by atoms with E-state index in [1.54, 1.807) is 0 Å². The van der Waals surface area contributed by atoms with Crippen molar-refractivity contribution in [3.05, 3.63) is 22.4 Å². The molecule has 0 saturated carbocycles. The highest BCUT2D eigenvalue weighted by atomic mass is 32.1. The number of hydrogen-bond acceptors (Lipinski definition) is 3. The van der Waals surface area contributed by atoms with E-state index in [9.17, 15) is 0 Å².